The molecule has 0 radical (unpaired) electrons. The average molecular weight is 455 g/mol. The Hall–Kier alpha value is -2.82. The first kappa shape index (κ1) is 26.4. The predicted molar refractivity (Wildman–Crippen MR) is 131 cm³/mol. The van der Waals surface area contributed by atoms with Gasteiger partial charge in [-0.05, 0) is 75.1 Å². The van der Waals surface area contributed by atoms with Crippen LogP contribution in [0.2, 0.25) is 0 Å². The second-order valence-electron chi connectivity index (χ2n) is 8.90. The van der Waals surface area contributed by atoms with Crippen molar-refractivity contribution in [1.29, 1.82) is 0 Å². The molecule has 0 aliphatic rings. The largest absolute Gasteiger partial charge is 0.493 e. The third-order valence-electron chi connectivity index (χ3n) is 5.80. The molecule has 2 aromatic rings. The summed E-state index contributed by atoms with van der Waals surface area (Å²) >= 11 is 0. The quantitative estimate of drug-likeness (QED) is 0.291. The lowest BCUT2D eigenvalue weighted by Gasteiger charge is -2.15. The van der Waals surface area contributed by atoms with Crippen molar-refractivity contribution < 1.29 is 24.5 Å². The van der Waals surface area contributed by atoms with Crippen LogP contribution >= 0.6 is 0 Å². The van der Waals surface area contributed by atoms with Crippen molar-refractivity contribution >= 4 is 11.9 Å². The van der Waals surface area contributed by atoms with E-state index in [1.54, 1.807) is 0 Å². The zero-order valence-corrected chi connectivity index (χ0v) is 20.1. The van der Waals surface area contributed by atoms with E-state index in [1.807, 2.05) is 12.1 Å². The van der Waals surface area contributed by atoms with Crippen LogP contribution in [0.25, 0.3) is 0 Å². The van der Waals surface area contributed by atoms with Crippen LogP contribution in [0, 0.1) is 13.8 Å². The van der Waals surface area contributed by atoms with Crippen molar-refractivity contribution in [3.05, 3.63) is 64.2 Å². The van der Waals surface area contributed by atoms with E-state index >= 15 is 0 Å². The monoisotopic (exact) mass is 454 g/mol. The van der Waals surface area contributed by atoms with Gasteiger partial charge >= 0.3 is 11.9 Å². The third-order valence-corrected chi connectivity index (χ3v) is 5.80. The predicted octanol–water partition coefficient (Wildman–Crippen LogP) is 6.30. The van der Waals surface area contributed by atoms with Gasteiger partial charge in [-0.15, -0.1) is 0 Å². The van der Waals surface area contributed by atoms with Gasteiger partial charge in [0, 0.05) is 12.8 Å². The number of unbranched alkanes of at least 4 members (excludes halogenated alkanes) is 4. The molecule has 0 atom stereocenters. The highest BCUT2D eigenvalue weighted by Gasteiger charge is 2.12. The van der Waals surface area contributed by atoms with Gasteiger partial charge in [0.2, 0.25) is 0 Å². The van der Waals surface area contributed by atoms with Crippen molar-refractivity contribution in [3.63, 3.8) is 0 Å². The molecule has 0 aliphatic heterocycles. The molecule has 0 aromatic heterocycles. The molecule has 0 heterocycles. The van der Waals surface area contributed by atoms with E-state index in [9.17, 15) is 9.59 Å². The molecule has 0 unspecified atom stereocenters. The summed E-state index contributed by atoms with van der Waals surface area (Å²) in [5, 5.41) is 17.9. The zero-order valence-electron chi connectivity index (χ0n) is 20.1. The summed E-state index contributed by atoms with van der Waals surface area (Å²) in [6, 6.07) is 12.6. The molecular weight excluding hydrogens is 416 g/mol. The fourth-order valence-corrected chi connectivity index (χ4v) is 4.29. The molecule has 2 aromatic carbocycles. The lowest BCUT2D eigenvalue weighted by molar-refractivity contribution is -0.138. The molecule has 0 saturated heterocycles. The van der Waals surface area contributed by atoms with E-state index in [0.717, 1.165) is 36.8 Å². The summed E-state index contributed by atoms with van der Waals surface area (Å²) in [4.78, 5) is 21.8. The number of benzene rings is 2. The first-order valence-electron chi connectivity index (χ1n) is 12.1. The van der Waals surface area contributed by atoms with Gasteiger partial charge < -0.3 is 14.9 Å². The van der Waals surface area contributed by atoms with E-state index in [4.69, 9.17) is 14.9 Å². The minimum atomic E-state index is -0.840. The smallest absolute Gasteiger partial charge is 0.303 e. The van der Waals surface area contributed by atoms with Gasteiger partial charge in [0.25, 0.3) is 0 Å². The first-order chi connectivity index (χ1) is 15.8. The van der Waals surface area contributed by atoms with Gasteiger partial charge in [-0.25, -0.2) is 0 Å². The number of hydrogen-bond donors (Lipinski definition) is 2. The number of aliphatic carboxylic acids is 2. The fourth-order valence-electron chi connectivity index (χ4n) is 4.29. The number of hydrogen-bond acceptors (Lipinski definition) is 3. The summed E-state index contributed by atoms with van der Waals surface area (Å²) in [7, 11) is 0. The maximum Gasteiger partial charge on any atom is 0.303 e. The molecule has 2 rings (SSSR count). The Morgan fingerprint density at radius 3 is 2.06 bits per heavy atom. The summed E-state index contributed by atoms with van der Waals surface area (Å²) in [5.41, 5.74) is 6.18. The average Bonchev–Trinajstić information content (AvgIpc) is 2.74. The van der Waals surface area contributed by atoms with Crippen LogP contribution < -0.4 is 4.74 Å². The Labute approximate surface area is 197 Å². The van der Waals surface area contributed by atoms with Gasteiger partial charge in [-0.3, -0.25) is 9.59 Å². The normalized spacial score (nSPS) is 10.8. The Kier molecular flexibility index (Phi) is 11.5. The van der Waals surface area contributed by atoms with Crippen LogP contribution in [-0.2, 0) is 28.9 Å². The van der Waals surface area contributed by atoms with Crippen molar-refractivity contribution in [3.8, 4) is 5.75 Å². The summed E-state index contributed by atoms with van der Waals surface area (Å²) in [6.45, 7) is 4.62. The fraction of sp³-hybridized carbons (Fsp3) is 0.500. The molecule has 33 heavy (non-hydrogen) atoms. The lowest BCUT2D eigenvalue weighted by atomic mass is 9.96. The maximum absolute atomic E-state index is 11.1. The Morgan fingerprint density at radius 2 is 1.39 bits per heavy atom. The first-order valence-corrected chi connectivity index (χ1v) is 12.1. The van der Waals surface area contributed by atoms with Crippen LogP contribution in [-0.4, -0.2) is 28.8 Å². The number of carboxylic acids is 2. The summed E-state index contributed by atoms with van der Waals surface area (Å²) in [5.74, 6) is -0.981. The molecule has 0 aliphatic carbocycles. The lowest BCUT2D eigenvalue weighted by Crippen LogP contribution is -2.07. The van der Waals surface area contributed by atoms with Crippen molar-refractivity contribution in [2.45, 2.75) is 84.5 Å². The number of ether oxygens (including phenoxy) is 1. The SMILES string of the molecule is Cc1cc(C)cc(CCCCCCCc2cccc(OCCCC(=O)O)c2CCC(=O)O)c1. The minimum Gasteiger partial charge on any atom is -0.493 e. The topological polar surface area (TPSA) is 83.8 Å². The van der Waals surface area contributed by atoms with Crippen LogP contribution in [0.5, 0.6) is 5.75 Å². The second-order valence-corrected chi connectivity index (χ2v) is 8.90. The summed E-state index contributed by atoms with van der Waals surface area (Å²) in [6.07, 6.45) is 8.82. The van der Waals surface area contributed by atoms with E-state index in [0.29, 0.717) is 25.2 Å². The number of aryl methyl sites for hydroxylation is 4. The van der Waals surface area contributed by atoms with Gasteiger partial charge in [0.15, 0.2) is 0 Å². The molecule has 0 bridgehead atoms. The van der Waals surface area contributed by atoms with Crippen molar-refractivity contribution in [2.75, 3.05) is 6.61 Å². The molecule has 0 saturated carbocycles. The molecule has 5 heteroatoms. The van der Waals surface area contributed by atoms with Gasteiger partial charge in [-0.2, -0.15) is 0 Å². The highest BCUT2D eigenvalue weighted by Crippen LogP contribution is 2.26. The highest BCUT2D eigenvalue weighted by atomic mass is 16.5. The van der Waals surface area contributed by atoms with E-state index < -0.39 is 11.9 Å². The molecule has 0 spiro atoms. The van der Waals surface area contributed by atoms with E-state index in [-0.39, 0.29) is 12.8 Å². The number of carboxylic acid groups (broad SMARTS) is 2. The van der Waals surface area contributed by atoms with Crippen molar-refractivity contribution in [2.24, 2.45) is 0 Å². The van der Waals surface area contributed by atoms with Gasteiger partial charge in [-0.1, -0.05) is 60.7 Å². The molecule has 180 valence electrons. The maximum atomic E-state index is 11.1. The summed E-state index contributed by atoms with van der Waals surface area (Å²) < 4.78 is 5.82. The third kappa shape index (κ3) is 10.6. The molecule has 2 N–H and O–H groups in total. The van der Waals surface area contributed by atoms with E-state index in [1.165, 1.54) is 36.0 Å². The van der Waals surface area contributed by atoms with E-state index in [2.05, 4.69) is 38.1 Å². The molecule has 0 amide bonds. The van der Waals surface area contributed by atoms with Crippen LogP contribution in [0.1, 0.15) is 79.2 Å². The molecule has 0 fully saturated rings. The highest BCUT2D eigenvalue weighted by molar-refractivity contribution is 5.67. The van der Waals surface area contributed by atoms with Crippen LogP contribution in [0.3, 0.4) is 0 Å². The molecular formula is C28H38O5. The van der Waals surface area contributed by atoms with Crippen molar-refractivity contribution in [1.82, 2.24) is 0 Å². The number of rotatable bonds is 16. The van der Waals surface area contributed by atoms with Gasteiger partial charge in [0.1, 0.15) is 5.75 Å². The second kappa shape index (κ2) is 14.4. The minimum absolute atomic E-state index is 0.0565. The zero-order chi connectivity index (χ0) is 24.1. The standard InChI is InChI=1S/C28H38O5/c1-21-18-22(2)20-23(19-21)10-6-4-3-5-7-11-24-12-8-13-26(25(24)15-16-28(31)32)33-17-9-14-27(29)30/h8,12-13,18-20H,3-7,9-11,14-17H2,1-2H3,(H,29,30)(H,31,32). The Balaban J connectivity index is 1.80. The Bertz CT molecular complexity index is 883. The molecule has 5 nitrogen and oxygen atoms in total. The van der Waals surface area contributed by atoms with Crippen LogP contribution in [0.15, 0.2) is 36.4 Å². The Morgan fingerprint density at radius 1 is 0.758 bits per heavy atom. The number of carbonyl (C=O) groups is 2. The van der Waals surface area contributed by atoms with Gasteiger partial charge in [0.05, 0.1) is 6.61 Å². The van der Waals surface area contributed by atoms with Crippen LogP contribution in [0.4, 0.5) is 0 Å².